The van der Waals surface area contributed by atoms with E-state index in [4.69, 9.17) is 14.2 Å². The van der Waals surface area contributed by atoms with Crippen LogP contribution in [0.3, 0.4) is 0 Å². The zero-order valence-electron chi connectivity index (χ0n) is 56.0. The van der Waals surface area contributed by atoms with Gasteiger partial charge in [0.25, 0.3) is 0 Å². The number of carbonyl (C=O) groups is 3. The van der Waals surface area contributed by atoms with Crippen LogP contribution in [0.25, 0.3) is 0 Å². The van der Waals surface area contributed by atoms with Gasteiger partial charge in [0.15, 0.2) is 6.10 Å². The van der Waals surface area contributed by atoms with Crippen LogP contribution >= 0.6 is 0 Å². The number of hydrogen-bond acceptors (Lipinski definition) is 6. The van der Waals surface area contributed by atoms with Crippen molar-refractivity contribution in [1.29, 1.82) is 0 Å². The average molecular weight is 1160 g/mol. The van der Waals surface area contributed by atoms with Gasteiger partial charge in [0.2, 0.25) is 0 Å². The lowest BCUT2D eigenvalue weighted by Gasteiger charge is -2.18. The summed E-state index contributed by atoms with van der Waals surface area (Å²) < 4.78 is 17.0. The quantitative estimate of drug-likeness (QED) is 0.0261. The van der Waals surface area contributed by atoms with Gasteiger partial charge in [-0.05, 0) is 83.5 Å². The summed E-state index contributed by atoms with van der Waals surface area (Å²) in [7, 11) is 0. The Morgan fingerprint density at radius 1 is 0.241 bits per heavy atom. The van der Waals surface area contributed by atoms with Gasteiger partial charge in [-0.2, -0.15) is 0 Å². The van der Waals surface area contributed by atoms with Crippen molar-refractivity contribution in [2.45, 2.75) is 412 Å². The molecule has 0 fully saturated rings. The van der Waals surface area contributed by atoms with Crippen molar-refractivity contribution in [2.24, 2.45) is 0 Å². The maximum absolute atomic E-state index is 13.0. The highest BCUT2D eigenvalue weighted by atomic mass is 16.6. The van der Waals surface area contributed by atoms with Crippen molar-refractivity contribution < 1.29 is 28.6 Å². The van der Waals surface area contributed by atoms with E-state index in [0.717, 1.165) is 77.0 Å². The third-order valence-electron chi connectivity index (χ3n) is 16.8. The molecule has 1 unspecified atom stereocenters. The summed E-state index contributed by atoms with van der Waals surface area (Å²) in [5.41, 5.74) is 0. The molecule has 0 aliphatic carbocycles. The number of carbonyl (C=O) groups excluding carboxylic acids is 3. The fourth-order valence-electron chi connectivity index (χ4n) is 11.2. The molecule has 0 aliphatic rings. The second kappa shape index (κ2) is 71.8. The summed E-state index contributed by atoms with van der Waals surface area (Å²) in [6.07, 6.45) is 91.5. The highest BCUT2D eigenvalue weighted by molar-refractivity contribution is 5.71. The second-order valence-electron chi connectivity index (χ2n) is 25.2. The Morgan fingerprint density at radius 3 is 0.687 bits per heavy atom. The van der Waals surface area contributed by atoms with Crippen molar-refractivity contribution in [3.63, 3.8) is 0 Å². The molecule has 0 rings (SSSR count). The average Bonchev–Trinajstić information content (AvgIpc) is 3.49. The Kier molecular flexibility index (Phi) is 69.6. The van der Waals surface area contributed by atoms with Gasteiger partial charge >= 0.3 is 17.9 Å². The molecule has 0 saturated carbocycles. The number of allylic oxidation sites excluding steroid dienone is 8. The van der Waals surface area contributed by atoms with E-state index < -0.39 is 6.10 Å². The van der Waals surface area contributed by atoms with E-state index in [9.17, 15) is 14.4 Å². The van der Waals surface area contributed by atoms with Crippen LogP contribution in [0.15, 0.2) is 48.6 Å². The van der Waals surface area contributed by atoms with E-state index in [1.807, 2.05) is 0 Å². The van der Waals surface area contributed by atoms with Crippen LogP contribution in [-0.2, 0) is 28.6 Å². The molecule has 0 bridgehead atoms. The SMILES string of the molecule is CCCCCCC/C=C\C/C=C\C/C=C\CCCCCCCCCCCCCCCCC(=O)OCC(COC(=O)CCCCCCC/C=C\CCCCCCCC)OC(=O)CCCCCCCCCCCCCCCCCCCCCCC. The molecule has 6 heteroatoms. The minimum Gasteiger partial charge on any atom is -0.462 e. The highest BCUT2D eigenvalue weighted by Crippen LogP contribution is 2.19. The fraction of sp³-hybridized carbons (Fsp3) is 0.857. The Balaban J connectivity index is 4.24. The first-order valence-electron chi connectivity index (χ1n) is 37.1. The standard InChI is InChI=1S/C77H142O6/c1-4-7-10-13-16-19-22-25-28-30-32-34-35-36-37-38-39-40-41-43-44-46-49-52-55-58-61-64-67-70-76(79)82-73-74(72-81-75(78)69-66-63-60-57-54-51-48-27-24-21-18-15-12-9-6-3)83-77(80)71-68-65-62-59-56-53-50-47-45-42-33-31-29-26-23-20-17-14-11-8-5-2/h22,25,27,30,32,35-36,48,74H,4-21,23-24,26,28-29,31,33-34,37-47,49-73H2,1-3H3/b25-22-,32-30-,36-35-,48-27-. The number of rotatable bonds is 69. The van der Waals surface area contributed by atoms with Crippen LogP contribution in [0, 0.1) is 0 Å². The van der Waals surface area contributed by atoms with Crippen LogP contribution in [0.5, 0.6) is 0 Å². The van der Waals surface area contributed by atoms with Crippen LogP contribution in [0.1, 0.15) is 406 Å². The molecule has 0 amide bonds. The Hall–Kier alpha value is -2.63. The molecule has 0 N–H and O–H groups in total. The van der Waals surface area contributed by atoms with Gasteiger partial charge in [0.05, 0.1) is 0 Å². The number of unbranched alkanes of at least 4 members (excludes halogenated alkanes) is 50. The van der Waals surface area contributed by atoms with Crippen molar-refractivity contribution in [3.05, 3.63) is 48.6 Å². The van der Waals surface area contributed by atoms with E-state index in [2.05, 4.69) is 69.4 Å². The Labute approximate surface area is 518 Å². The molecule has 6 nitrogen and oxygen atoms in total. The van der Waals surface area contributed by atoms with Crippen LogP contribution in [0.2, 0.25) is 0 Å². The molecule has 0 aliphatic heterocycles. The maximum Gasteiger partial charge on any atom is 0.306 e. The highest BCUT2D eigenvalue weighted by Gasteiger charge is 2.19. The van der Waals surface area contributed by atoms with Crippen LogP contribution in [0.4, 0.5) is 0 Å². The van der Waals surface area contributed by atoms with Gasteiger partial charge in [-0.25, -0.2) is 0 Å². The van der Waals surface area contributed by atoms with Gasteiger partial charge in [-0.15, -0.1) is 0 Å². The van der Waals surface area contributed by atoms with Crippen molar-refractivity contribution >= 4 is 17.9 Å². The predicted octanol–water partition coefficient (Wildman–Crippen LogP) is 25.7. The van der Waals surface area contributed by atoms with Crippen LogP contribution in [-0.4, -0.2) is 37.2 Å². The number of hydrogen-bond donors (Lipinski definition) is 0. The number of esters is 3. The summed E-state index contributed by atoms with van der Waals surface area (Å²) in [6.45, 7) is 6.69. The van der Waals surface area contributed by atoms with Crippen molar-refractivity contribution in [1.82, 2.24) is 0 Å². The molecule has 0 heterocycles. The Morgan fingerprint density at radius 2 is 0.434 bits per heavy atom. The first-order chi connectivity index (χ1) is 41.0. The van der Waals surface area contributed by atoms with Crippen molar-refractivity contribution in [2.75, 3.05) is 13.2 Å². The van der Waals surface area contributed by atoms with Crippen LogP contribution < -0.4 is 0 Å². The minimum atomic E-state index is -0.776. The van der Waals surface area contributed by atoms with Gasteiger partial charge < -0.3 is 14.2 Å². The molecule has 0 aromatic rings. The molecule has 1 atom stereocenters. The summed E-state index contributed by atoms with van der Waals surface area (Å²) in [6, 6.07) is 0. The van der Waals surface area contributed by atoms with E-state index >= 15 is 0 Å². The summed E-state index contributed by atoms with van der Waals surface area (Å²) in [4.78, 5) is 38.5. The Bertz CT molecular complexity index is 1430. The summed E-state index contributed by atoms with van der Waals surface area (Å²) in [5.74, 6) is -0.850. The first-order valence-corrected chi connectivity index (χ1v) is 37.1. The topological polar surface area (TPSA) is 78.9 Å². The monoisotopic (exact) mass is 1160 g/mol. The third kappa shape index (κ3) is 70.0. The van der Waals surface area contributed by atoms with Crippen molar-refractivity contribution in [3.8, 4) is 0 Å². The zero-order chi connectivity index (χ0) is 59.9. The lowest BCUT2D eigenvalue weighted by atomic mass is 10.0. The van der Waals surface area contributed by atoms with E-state index in [0.29, 0.717) is 19.3 Å². The molecule has 83 heavy (non-hydrogen) atoms. The molecule has 0 aromatic carbocycles. The maximum atomic E-state index is 13.0. The third-order valence-corrected chi connectivity index (χ3v) is 16.8. The smallest absolute Gasteiger partial charge is 0.306 e. The van der Waals surface area contributed by atoms with Gasteiger partial charge in [0, 0.05) is 19.3 Å². The van der Waals surface area contributed by atoms with Gasteiger partial charge in [-0.3, -0.25) is 14.4 Å². The van der Waals surface area contributed by atoms with Gasteiger partial charge in [0.1, 0.15) is 13.2 Å². The van der Waals surface area contributed by atoms with Gasteiger partial charge in [-0.1, -0.05) is 352 Å². The molecule has 0 saturated heterocycles. The van der Waals surface area contributed by atoms with E-state index in [1.165, 1.54) is 289 Å². The molecule has 0 aromatic heterocycles. The second-order valence-corrected chi connectivity index (χ2v) is 25.2. The molecular weight excluding hydrogens is 1020 g/mol. The normalized spacial score (nSPS) is 12.3. The lowest BCUT2D eigenvalue weighted by molar-refractivity contribution is -0.167. The summed E-state index contributed by atoms with van der Waals surface area (Å²) in [5, 5.41) is 0. The molecule has 486 valence electrons. The minimum absolute atomic E-state index is 0.0710. The van der Waals surface area contributed by atoms with E-state index in [1.54, 1.807) is 0 Å². The molecule has 0 spiro atoms. The van der Waals surface area contributed by atoms with E-state index in [-0.39, 0.29) is 31.1 Å². The fourth-order valence-corrected chi connectivity index (χ4v) is 11.2. The summed E-state index contributed by atoms with van der Waals surface area (Å²) >= 11 is 0. The first kappa shape index (κ1) is 80.4. The lowest BCUT2D eigenvalue weighted by Crippen LogP contribution is -2.30. The molecule has 0 radical (unpaired) electrons. The largest absolute Gasteiger partial charge is 0.462 e. The number of ether oxygens (including phenoxy) is 3. The predicted molar refractivity (Wildman–Crippen MR) is 362 cm³/mol. The zero-order valence-corrected chi connectivity index (χ0v) is 56.0. The molecular formula is C77H142O6.